The van der Waals surface area contributed by atoms with Crippen LogP contribution in [-0.4, -0.2) is 47.6 Å². The highest BCUT2D eigenvalue weighted by atomic mass is 32.2. The second kappa shape index (κ2) is 9.24. The van der Waals surface area contributed by atoms with Crippen LogP contribution in [-0.2, 0) is 4.79 Å². The van der Waals surface area contributed by atoms with E-state index >= 15 is 0 Å². The molecular formula is C21H29N3O2S. The number of Topliss-reactive ketones (excluding diaryl/α,β-unsaturated/α-hetero) is 1. The van der Waals surface area contributed by atoms with Crippen molar-refractivity contribution in [3.63, 3.8) is 0 Å². The van der Waals surface area contributed by atoms with E-state index in [0.29, 0.717) is 6.04 Å². The number of aryl methyl sites for hydroxylation is 1. The molecule has 1 N–H and O–H groups in total. The maximum Gasteiger partial charge on any atom is 0.238 e. The summed E-state index contributed by atoms with van der Waals surface area (Å²) < 4.78 is 2.17. The monoisotopic (exact) mass is 387 g/mol. The number of ketones is 1. The summed E-state index contributed by atoms with van der Waals surface area (Å²) >= 11 is 1.59. The van der Waals surface area contributed by atoms with Gasteiger partial charge in [0, 0.05) is 27.9 Å². The van der Waals surface area contributed by atoms with E-state index in [1.165, 1.54) is 0 Å². The number of hydrogen-bond donors (Lipinski definition) is 1. The van der Waals surface area contributed by atoms with Gasteiger partial charge in [0.2, 0.25) is 5.91 Å². The molecule has 0 aliphatic carbocycles. The van der Waals surface area contributed by atoms with Gasteiger partial charge in [-0.3, -0.25) is 14.5 Å². The highest BCUT2D eigenvalue weighted by molar-refractivity contribution is 7.98. The second-order valence-electron chi connectivity index (χ2n) is 7.09. The van der Waals surface area contributed by atoms with Gasteiger partial charge >= 0.3 is 0 Å². The van der Waals surface area contributed by atoms with Gasteiger partial charge in [-0.15, -0.1) is 11.8 Å². The Morgan fingerprint density at radius 2 is 1.85 bits per heavy atom. The van der Waals surface area contributed by atoms with Gasteiger partial charge in [-0.1, -0.05) is 12.1 Å². The number of carbonyl (C=O) groups is 2. The van der Waals surface area contributed by atoms with Crippen LogP contribution >= 0.6 is 11.8 Å². The minimum atomic E-state index is -0.126. The summed E-state index contributed by atoms with van der Waals surface area (Å²) in [4.78, 5) is 27.8. The SMILES string of the molecule is CSc1ccccc1NC(=O)CN(C)CC(=O)c1cc(C)n(C(C)C)c1C. The third-order valence-electron chi connectivity index (χ3n) is 4.51. The van der Waals surface area contributed by atoms with Crippen molar-refractivity contribution in [1.82, 2.24) is 9.47 Å². The molecule has 1 amide bonds. The molecule has 0 aliphatic heterocycles. The van der Waals surface area contributed by atoms with Crippen LogP contribution in [0.3, 0.4) is 0 Å². The Kier molecular flexibility index (Phi) is 7.27. The number of amides is 1. The summed E-state index contributed by atoms with van der Waals surface area (Å²) in [6, 6.07) is 9.95. The van der Waals surface area contributed by atoms with Crippen LogP contribution in [0.25, 0.3) is 0 Å². The van der Waals surface area contributed by atoms with Crippen LogP contribution in [0.5, 0.6) is 0 Å². The first kappa shape index (κ1) is 21.3. The molecule has 0 fully saturated rings. The largest absolute Gasteiger partial charge is 0.346 e. The smallest absolute Gasteiger partial charge is 0.238 e. The number of likely N-dealkylation sites (N-methyl/N-ethyl adjacent to an activating group) is 1. The number of benzene rings is 1. The van der Waals surface area contributed by atoms with Gasteiger partial charge in [-0.2, -0.15) is 0 Å². The zero-order valence-electron chi connectivity index (χ0n) is 17.0. The zero-order chi connectivity index (χ0) is 20.1. The van der Waals surface area contributed by atoms with Gasteiger partial charge < -0.3 is 9.88 Å². The van der Waals surface area contributed by atoms with E-state index < -0.39 is 0 Å². The first-order valence-corrected chi connectivity index (χ1v) is 10.3. The molecule has 0 radical (unpaired) electrons. The molecule has 0 unspecified atom stereocenters. The van der Waals surface area contributed by atoms with Crippen LogP contribution in [0.4, 0.5) is 5.69 Å². The molecule has 0 spiro atoms. The Bertz CT molecular complexity index is 827. The van der Waals surface area contributed by atoms with Crippen LogP contribution in [0.1, 0.15) is 41.6 Å². The highest BCUT2D eigenvalue weighted by Crippen LogP contribution is 2.24. The molecule has 0 bridgehead atoms. The summed E-state index contributed by atoms with van der Waals surface area (Å²) in [5, 5.41) is 2.93. The van der Waals surface area contributed by atoms with E-state index in [1.807, 2.05) is 50.4 Å². The standard InChI is InChI=1S/C21H29N3O2S/c1-14(2)24-15(3)11-17(16(24)4)19(25)12-23(5)13-21(26)22-18-9-7-8-10-20(18)27-6/h7-11,14H,12-13H2,1-6H3,(H,22,26). The summed E-state index contributed by atoms with van der Waals surface area (Å²) in [7, 11) is 1.79. The fourth-order valence-corrected chi connectivity index (χ4v) is 3.98. The fraction of sp³-hybridized carbons (Fsp3) is 0.429. The summed E-state index contributed by atoms with van der Waals surface area (Å²) in [6.07, 6.45) is 1.98. The summed E-state index contributed by atoms with van der Waals surface area (Å²) in [5.74, 6) is -0.0886. The molecule has 6 heteroatoms. The van der Waals surface area contributed by atoms with Crippen molar-refractivity contribution in [2.24, 2.45) is 0 Å². The maximum absolute atomic E-state index is 12.7. The van der Waals surface area contributed by atoms with Gasteiger partial charge in [-0.25, -0.2) is 0 Å². The van der Waals surface area contributed by atoms with Crippen LogP contribution in [0.2, 0.25) is 0 Å². The normalized spacial score (nSPS) is 11.3. The molecule has 1 aromatic heterocycles. The van der Waals surface area contributed by atoms with Crippen molar-refractivity contribution >= 4 is 29.1 Å². The molecule has 2 rings (SSSR count). The quantitative estimate of drug-likeness (QED) is 0.546. The number of anilines is 1. The van der Waals surface area contributed by atoms with E-state index in [2.05, 4.69) is 23.7 Å². The number of carbonyl (C=O) groups excluding carboxylic acids is 2. The van der Waals surface area contributed by atoms with Crippen molar-refractivity contribution in [3.8, 4) is 0 Å². The molecule has 1 heterocycles. The van der Waals surface area contributed by atoms with Gasteiger partial charge in [-0.05, 0) is 59.2 Å². The predicted molar refractivity (Wildman–Crippen MR) is 113 cm³/mol. The van der Waals surface area contributed by atoms with Gasteiger partial charge in [0.25, 0.3) is 0 Å². The average molecular weight is 388 g/mol. The van der Waals surface area contributed by atoms with Crippen molar-refractivity contribution in [2.45, 2.75) is 38.6 Å². The molecule has 0 saturated carbocycles. The molecule has 0 aliphatic rings. The lowest BCUT2D eigenvalue weighted by Crippen LogP contribution is -2.34. The molecule has 27 heavy (non-hydrogen) atoms. The highest BCUT2D eigenvalue weighted by Gasteiger charge is 2.19. The Labute approximate surface area is 166 Å². The Morgan fingerprint density at radius 3 is 2.44 bits per heavy atom. The number of nitrogens with zero attached hydrogens (tertiary/aromatic N) is 2. The molecule has 0 saturated heterocycles. The van der Waals surface area contributed by atoms with Gasteiger partial charge in [0.15, 0.2) is 5.78 Å². The fourth-order valence-electron chi connectivity index (χ4n) is 3.42. The third kappa shape index (κ3) is 5.23. The second-order valence-corrected chi connectivity index (χ2v) is 7.94. The van der Waals surface area contributed by atoms with E-state index in [9.17, 15) is 9.59 Å². The van der Waals surface area contributed by atoms with E-state index in [0.717, 1.165) is 27.5 Å². The van der Waals surface area contributed by atoms with Crippen molar-refractivity contribution < 1.29 is 9.59 Å². The van der Waals surface area contributed by atoms with E-state index in [4.69, 9.17) is 0 Å². The lowest BCUT2D eigenvalue weighted by molar-refractivity contribution is -0.116. The van der Waals surface area contributed by atoms with Crippen LogP contribution < -0.4 is 5.32 Å². The number of nitrogens with one attached hydrogen (secondary N) is 1. The molecule has 2 aromatic rings. The minimum absolute atomic E-state index is 0.0369. The van der Waals surface area contributed by atoms with Crippen molar-refractivity contribution in [2.75, 3.05) is 31.7 Å². The Hall–Kier alpha value is -2.05. The lowest BCUT2D eigenvalue weighted by Gasteiger charge is -2.17. The first-order chi connectivity index (χ1) is 12.7. The van der Waals surface area contributed by atoms with Crippen molar-refractivity contribution in [3.05, 3.63) is 47.3 Å². The molecule has 1 aromatic carbocycles. The zero-order valence-corrected chi connectivity index (χ0v) is 17.8. The Morgan fingerprint density at radius 1 is 1.19 bits per heavy atom. The lowest BCUT2D eigenvalue weighted by atomic mass is 10.1. The first-order valence-electron chi connectivity index (χ1n) is 9.07. The number of thioether (sulfide) groups is 1. The maximum atomic E-state index is 12.7. The average Bonchev–Trinajstić information content (AvgIpc) is 2.89. The molecule has 146 valence electrons. The summed E-state index contributed by atoms with van der Waals surface area (Å²) in [5.41, 5.74) is 3.61. The number of aromatic nitrogens is 1. The predicted octanol–water partition coefficient (Wildman–Crippen LogP) is 4.16. The van der Waals surface area contributed by atoms with Crippen LogP contribution in [0.15, 0.2) is 35.2 Å². The summed E-state index contributed by atoms with van der Waals surface area (Å²) in [6.45, 7) is 8.59. The number of para-hydroxylation sites is 1. The third-order valence-corrected chi connectivity index (χ3v) is 5.31. The topological polar surface area (TPSA) is 54.3 Å². The van der Waals surface area contributed by atoms with E-state index in [-0.39, 0.29) is 24.8 Å². The number of rotatable bonds is 8. The molecular weight excluding hydrogens is 358 g/mol. The van der Waals surface area contributed by atoms with E-state index in [1.54, 1.807) is 23.7 Å². The minimum Gasteiger partial charge on any atom is -0.346 e. The van der Waals surface area contributed by atoms with Crippen LogP contribution in [0, 0.1) is 13.8 Å². The van der Waals surface area contributed by atoms with Gasteiger partial charge in [0.05, 0.1) is 18.8 Å². The molecule has 5 nitrogen and oxygen atoms in total. The number of hydrogen-bond acceptors (Lipinski definition) is 4. The Balaban J connectivity index is 1.99. The van der Waals surface area contributed by atoms with Gasteiger partial charge in [0.1, 0.15) is 0 Å². The molecule has 0 atom stereocenters. The van der Waals surface area contributed by atoms with Crippen molar-refractivity contribution in [1.29, 1.82) is 0 Å².